The van der Waals surface area contributed by atoms with Gasteiger partial charge in [0.05, 0.1) is 13.7 Å². The van der Waals surface area contributed by atoms with Gasteiger partial charge < -0.3 is 14.4 Å². The van der Waals surface area contributed by atoms with Crippen molar-refractivity contribution in [1.29, 1.82) is 0 Å². The minimum absolute atomic E-state index is 0.0414. The number of ether oxygens (including phenoxy) is 2. The van der Waals surface area contributed by atoms with E-state index in [0.717, 1.165) is 17.7 Å². The van der Waals surface area contributed by atoms with E-state index >= 15 is 0 Å². The largest absolute Gasteiger partial charge is 0.497 e. The number of pyridine rings is 1. The molecule has 0 aliphatic carbocycles. The van der Waals surface area contributed by atoms with Gasteiger partial charge in [-0.05, 0) is 47.7 Å². The predicted octanol–water partition coefficient (Wildman–Crippen LogP) is 3.32. The van der Waals surface area contributed by atoms with Crippen LogP contribution < -0.4 is 9.47 Å². The molecule has 5 nitrogen and oxygen atoms in total. The first-order valence-electron chi connectivity index (χ1n) is 8.61. The molecular weight excluding hydrogens is 316 g/mol. The zero-order chi connectivity index (χ0) is 17.8. The molecule has 0 bridgehead atoms. The topological polar surface area (TPSA) is 51.7 Å². The van der Waals surface area contributed by atoms with Crippen molar-refractivity contribution >= 4 is 5.91 Å². The van der Waals surface area contributed by atoms with Crippen molar-refractivity contribution in [2.45, 2.75) is 26.8 Å². The lowest BCUT2D eigenvalue weighted by Gasteiger charge is -2.29. The van der Waals surface area contributed by atoms with Crippen LogP contribution in [0.5, 0.6) is 11.6 Å². The number of carbonyl (C=O) groups is 1. The van der Waals surface area contributed by atoms with Gasteiger partial charge in [-0.25, -0.2) is 4.98 Å². The Morgan fingerprint density at radius 3 is 2.88 bits per heavy atom. The highest BCUT2D eigenvalue weighted by molar-refractivity contribution is 5.96. The van der Waals surface area contributed by atoms with E-state index in [9.17, 15) is 4.79 Å². The lowest BCUT2D eigenvalue weighted by molar-refractivity contribution is 0.0728. The minimum atomic E-state index is -0.0414. The molecule has 1 aliphatic heterocycles. The number of hydrogen-bond acceptors (Lipinski definition) is 4. The van der Waals surface area contributed by atoms with Gasteiger partial charge in [0, 0.05) is 19.3 Å². The van der Waals surface area contributed by atoms with E-state index in [1.54, 1.807) is 25.4 Å². The third-order valence-corrected chi connectivity index (χ3v) is 4.27. The molecule has 0 unspecified atom stereocenters. The highest BCUT2D eigenvalue weighted by Gasteiger charge is 2.25. The Labute approximate surface area is 148 Å². The first kappa shape index (κ1) is 17.3. The summed E-state index contributed by atoms with van der Waals surface area (Å²) in [4.78, 5) is 19.1. The molecule has 0 saturated heterocycles. The number of carbonyl (C=O) groups excluding carboxylic acids is 1. The molecule has 25 heavy (non-hydrogen) atoms. The van der Waals surface area contributed by atoms with Gasteiger partial charge in [0.15, 0.2) is 0 Å². The maximum atomic E-state index is 13.0. The van der Waals surface area contributed by atoms with E-state index in [1.807, 2.05) is 17.0 Å². The Morgan fingerprint density at radius 1 is 1.28 bits per heavy atom. The maximum absolute atomic E-state index is 13.0. The molecule has 0 fully saturated rings. The fraction of sp³-hybridized carbons (Fsp3) is 0.400. The Balaban J connectivity index is 1.80. The summed E-state index contributed by atoms with van der Waals surface area (Å²) in [5.74, 6) is 1.56. The zero-order valence-corrected chi connectivity index (χ0v) is 15.0. The summed E-state index contributed by atoms with van der Waals surface area (Å²) >= 11 is 0. The molecule has 1 aromatic carbocycles. The highest BCUT2D eigenvalue weighted by atomic mass is 16.5. The summed E-state index contributed by atoms with van der Waals surface area (Å²) in [6, 6.07) is 9.61. The lowest BCUT2D eigenvalue weighted by atomic mass is 9.99. The van der Waals surface area contributed by atoms with Crippen LogP contribution in [0.25, 0.3) is 0 Å². The zero-order valence-electron chi connectivity index (χ0n) is 15.0. The summed E-state index contributed by atoms with van der Waals surface area (Å²) in [6.45, 7) is 5.94. The van der Waals surface area contributed by atoms with Gasteiger partial charge in [-0.15, -0.1) is 0 Å². The van der Waals surface area contributed by atoms with Crippen molar-refractivity contribution in [2.75, 3.05) is 20.3 Å². The van der Waals surface area contributed by atoms with Gasteiger partial charge in [0.25, 0.3) is 5.91 Å². The van der Waals surface area contributed by atoms with Gasteiger partial charge >= 0.3 is 0 Å². The SMILES string of the molecule is COc1ccc2c(c1)CN(C(=O)c1cccnc1OCC(C)C)CC2. The van der Waals surface area contributed by atoms with E-state index in [2.05, 4.69) is 24.9 Å². The molecule has 2 aromatic rings. The second-order valence-electron chi connectivity index (χ2n) is 6.67. The van der Waals surface area contributed by atoms with E-state index in [0.29, 0.717) is 37.1 Å². The number of amides is 1. The van der Waals surface area contributed by atoms with E-state index in [4.69, 9.17) is 9.47 Å². The quantitative estimate of drug-likeness (QED) is 0.838. The van der Waals surface area contributed by atoms with Crippen LogP contribution in [0.1, 0.15) is 35.3 Å². The molecule has 1 aliphatic rings. The minimum Gasteiger partial charge on any atom is -0.497 e. The highest BCUT2D eigenvalue weighted by Crippen LogP contribution is 2.26. The number of benzene rings is 1. The molecule has 0 N–H and O–H groups in total. The summed E-state index contributed by atoms with van der Waals surface area (Å²) in [5, 5.41) is 0. The Hall–Kier alpha value is -2.56. The fourth-order valence-corrected chi connectivity index (χ4v) is 2.92. The summed E-state index contributed by atoms with van der Waals surface area (Å²) in [5.41, 5.74) is 2.93. The van der Waals surface area contributed by atoms with Gasteiger partial charge in [-0.3, -0.25) is 4.79 Å². The van der Waals surface area contributed by atoms with Crippen molar-refractivity contribution in [3.05, 3.63) is 53.2 Å². The maximum Gasteiger partial charge on any atom is 0.259 e. The molecular formula is C20H24N2O3. The molecule has 0 spiro atoms. The third-order valence-electron chi connectivity index (χ3n) is 4.27. The van der Waals surface area contributed by atoms with Crippen LogP contribution in [-0.2, 0) is 13.0 Å². The van der Waals surface area contributed by atoms with Crippen molar-refractivity contribution in [3.8, 4) is 11.6 Å². The summed E-state index contributed by atoms with van der Waals surface area (Å²) < 4.78 is 11.0. The Kier molecular flexibility index (Phi) is 5.22. The predicted molar refractivity (Wildman–Crippen MR) is 96.0 cm³/mol. The molecule has 5 heteroatoms. The van der Waals surface area contributed by atoms with Gasteiger partial charge in [0.2, 0.25) is 5.88 Å². The average molecular weight is 340 g/mol. The van der Waals surface area contributed by atoms with Crippen molar-refractivity contribution in [1.82, 2.24) is 9.88 Å². The molecule has 1 aromatic heterocycles. The molecule has 1 amide bonds. The monoisotopic (exact) mass is 340 g/mol. The fourth-order valence-electron chi connectivity index (χ4n) is 2.92. The second-order valence-corrected chi connectivity index (χ2v) is 6.67. The Bertz CT molecular complexity index is 758. The molecule has 3 rings (SSSR count). The van der Waals surface area contributed by atoms with Crippen molar-refractivity contribution in [2.24, 2.45) is 5.92 Å². The van der Waals surface area contributed by atoms with Gasteiger partial charge in [-0.1, -0.05) is 19.9 Å². The number of nitrogens with zero attached hydrogens (tertiary/aromatic N) is 2. The first-order valence-corrected chi connectivity index (χ1v) is 8.61. The normalized spacial score (nSPS) is 13.5. The smallest absolute Gasteiger partial charge is 0.259 e. The molecule has 132 valence electrons. The van der Waals surface area contributed by atoms with Crippen LogP contribution in [0.2, 0.25) is 0 Å². The van der Waals surface area contributed by atoms with E-state index < -0.39 is 0 Å². The van der Waals surface area contributed by atoms with Crippen LogP contribution >= 0.6 is 0 Å². The van der Waals surface area contributed by atoms with Crippen molar-refractivity contribution in [3.63, 3.8) is 0 Å². The van der Waals surface area contributed by atoms with E-state index in [-0.39, 0.29) is 5.91 Å². The van der Waals surface area contributed by atoms with E-state index in [1.165, 1.54) is 5.56 Å². The molecule has 0 atom stereocenters. The number of hydrogen-bond donors (Lipinski definition) is 0. The second kappa shape index (κ2) is 7.55. The van der Waals surface area contributed by atoms with Crippen molar-refractivity contribution < 1.29 is 14.3 Å². The van der Waals surface area contributed by atoms with Crippen LogP contribution in [-0.4, -0.2) is 36.1 Å². The molecule has 0 radical (unpaired) electrons. The number of methoxy groups -OCH3 is 1. The van der Waals surface area contributed by atoms with Gasteiger partial charge in [0.1, 0.15) is 11.3 Å². The van der Waals surface area contributed by atoms with Gasteiger partial charge in [-0.2, -0.15) is 0 Å². The third kappa shape index (κ3) is 3.92. The summed E-state index contributed by atoms with van der Waals surface area (Å²) in [7, 11) is 1.65. The molecule has 0 saturated carbocycles. The number of rotatable bonds is 5. The number of fused-ring (bicyclic) bond motifs is 1. The summed E-state index contributed by atoms with van der Waals surface area (Å²) in [6.07, 6.45) is 2.50. The van der Waals surface area contributed by atoms with Crippen LogP contribution in [0.3, 0.4) is 0 Å². The standard InChI is InChI=1S/C20H24N2O3/c1-14(2)13-25-19-18(5-4-9-21-19)20(23)22-10-8-15-6-7-17(24-3)11-16(15)12-22/h4-7,9,11,14H,8,10,12-13H2,1-3H3. The number of aromatic nitrogens is 1. The average Bonchev–Trinajstić information content (AvgIpc) is 2.65. The van der Waals surface area contributed by atoms with Crippen LogP contribution in [0.15, 0.2) is 36.5 Å². The molecule has 2 heterocycles. The first-order chi connectivity index (χ1) is 12.1. The van der Waals surface area contributed by atoms with Crippen LogP contribution in [0, 0.1) is 5.92 Å². The lowest BCUT2D eigenvalue weighted by Crippen LogP contribution is -2.36. The van der Waals surface area contributed by atoms with Crippen LogP contribution in [0.4, 0.5) is 0 Å². The Morgan fingerprint density at radius 2 is 2.12 bits per heavy atom.